The first-order chi connectivity index (χ1) is 6.50. The van der Waals surface area contributed by atoms with Crippen molar-refractivity contribution in [2.75, 3.05) is 0 Å². The van der Waals surface area contributed by atoms with Gasteiger partial charge in [-0.3, -0.25) is 0 Å². The fraction of sp³-hybridized carbons (Fsp3) is 0.111. The third-order valence-electron chi connectivity index (χ3n) is 1.53. The molecule has 0 unspecified atom stereocenters. The third kappa shape index (κ3) is 2.22. The molecule has 5 nitrogen and oxygen atoms in total. The smallest absolute Gasteiger partial charge is 0.371 e. The molecule has 0 fully saturated rings. The molecule has 0 atom stereocenters. The summed E-state index contributed by atoms with van der Waals surface area (Å²) in [5, 5.41) is 17.0. The van der Waals surface area contributed by atoms with Crippen molar-refractivity contribution in [2.45, 2.75) is 6.92 Å². The normalized spacial score (nSPS) is 11.4. The van der Waals surface area contributed by atoms with E-state index in [1.54, 1.807) is 0 Å². The molecule has 0 spiro atoms. The van der Waals surface area contributed by atoms with Crippen LogP contribution in [0.5, 0.6) is 0 Å². The Hall–Kier alpha value is -2.04. The average molecular weight is 196 g/mol. The summed E-state index contributed by atoms with van der Waals surface area (Å²) in [5.74, 6) is -2.26. The number of rotatable bonds is 3. The summed E-state index contributed by atoms with van der Waals surface area (Å²) in [5.41, 5.74) is 0.0799. The predicted molar refractivity (Wildman–Crippen MR) is 47.0 cm³/mol. The van der Waals surface area contributed by atoms with E-state index in [9.17, 15) is 9.59 Å². The number of carbonyl (C=O) groups is 2. The van der Waals surface area contributed by atoms with Crippen LogP contribution in [0, 0.1) is 0 Å². The van der Waals surface area contributed by atoms with E-state index in [-0.39, 0.29) is 17.1 Å². The highest BCUT2D eigenvalue weighted by molar-refractivity contribution is 5.91. The SMILES string of the molecule is C/C(=C/c1ccc(C(=O)O)o1)C(=O)O. The lowest BCUT2D eigenvalue weighted by Crippen LogP contribution is -1.95. The van der Waals surface area contributed by atoms with Crippen LogP contribution in [0.2, 0.25) is 0 Å². The van der Waals surface area contributed by atoms with E-state index in [1.165, 1.54) is 25.1 Å². The molecule has 1 aromatic rings. The van der Waals surface area contributed by atoms with Gasteiger partial charge in [-0.2, -0.15) is 0 Å². The lowest BCUT2D eigenvalue weighted by atomic mass is 10.2. The van der Waals surface area contributed by atoms with Gasteiger partial charge >= 0.3 is 11.9 Å². The van der Waals surface area contributed by atoms with Crippen molar-refractivity contribution in [3.05, 3.63) is 29.2 Å². The molecule has 0 bridgehead atoms. The summed E-state index contributed by atoms with van der Waals surface area (Å²) in [6.07, 6.45) is 1.26. The standard InChI is InChI=1S/C9H8O5/c1-5(8(10)11)4-6-2-3-7(14-6)9(12)13/h2-4H,1H3,(H,10,11)(H,12,13)/b5-4-. The number of aliphatic carboxylic acids is 1. The molecule has 0 aliphatic heterocycles. The van der Waals surface area contributed by atoms with Gasteiger partial charge in [0.25, 0.3) is 0 Å². The molecule has 0 aromatic carbocycles. The number of hydrogen-bond acceptors (Lipinski definition) is 3. The monoisotopic (exact) mass is 196 g/mol. The lowest BCUT2D eigenvalue weighted by Gasteiger charge is -1.90. The van der Waals surface area contributed by atoms with E-state index in [4.69, 9.17) is 14.6 Å². The summed E-state index contributed by atoms with van der Waals surface area (Å²) in [6.45, 7) is 1.39. The van der Waals surface area contributed by atoms with Crippen molar-refractivity contribution >= 4 is 18.0 Å². The summed E-state index contributed by atoms with van der Waals surface area (Å²) < 4.78 is 4.83. The molecule has 74 valence electrons. The van der Waals surface area contributed by atoms with E-state index in [0.29, 0.717) is 0 Å². The molecule has 0 saturated carbocycles. The van der Waals surface area contributed by atoms with Crippen molar-refractivity contribution in [1.29, 1.82) is 0 Å². The van der Waals surface area contributed by atoms with E-state index in [1.807, 2.05) is 0 Å². The molecule has 0 saturated heterocycles. The molecule has 0 amide bonds. The number of furan rings is 1. The van der Waals surface area contributed by atoms with Crippen LogP contribution in [0.15, 0.2) is 22.1 Å². The third-order valence-corrected chi connectivity index (χ3v) is 1.53. The highest BCUT2D eigenvalue weighted by Crippen LogP contribution is 2.11. The second kappa shape index (κ2) is 3.78. The second-order valence-electron chi connectivity index (χ2n) is 2.64. The maximum absolute atomic E-state index is 10.4. The number of carboxylic acids is 2. The molecule has 0 radical (unpaired) electrons. The summed E-state index contributed by atoms with van der Waals surface area (Å²) in [7, 11) is 0. The minimum atomic E-state index is -1.18. The van der Waals surface area contributed by atoms with Gasteiger partial charge in [0.2, 0.25) is 5.76 Å². The molecular formula is C9H8O5. The lowest BCUT2D eigenvalue weighted by molar-refractivity contribution is -0.132. The number of aromatic carboxylic acids is 1. The van der Waals surface area contributed by atoms with Gasteiger partial charge in [0.1, 0.15) is 5.76 Å². The van der Waals surface area contributed by atoms with Crippen molar-refractivity contribution in [3.8, 4) is 0 Å². The molecule has 1 rings (SSSR count). The van der Waals surface area contributed by atoms with Gasteiger partial charge in [0.05, 0.1) is 0 Å². The Balaban J connectivity index is 2.93. The van der Waals surface area contributed by atoms with Crippen molar-refractivity contribution in [2.24, 2.45) is 0 Å². The van der Waals surface area contributed by atoms with Gasteiger partial charge in [-0.1, -0.05) is 0 Å². The van der Waals surface area contributed by atoms with Crippen LogP contribution in [-0.4, -0.2) is 22.2 Å². The van der Waals surface area contributed by atoms with Crippen LogP contribution in [0.3, 0.4) is 0 Å². The summed E-state index contributed by atoms with van der Waals surface area (Å²) >= 11 is 0. The van der Waals surface area contributed by atoms with E-state index < -0.39 is 11.9 Å². The Morgan fingerprint density at radius 3 is 2.43 bits per heavy atom. The highest BCUT2D eigenvalue weighted by Gasteiger charge is 2.08. The Labute approximate surface area is 79.3 Å². The zero-order valence-electron chi connectivity index (χ0n) is 7.35. The Bertz CT molecular complexity index is 399. The predicted octanol–water partition coefficient (Wildman–Crippen LogP) is 1.47. The van der Waals surface area contributed by atoms with Crippen molar-refractivity contribution < 1.29 is 24.2 Å². The molecule has 0 aliphatic carbocycles. The largest absolute Gasteiger partial charge is 0.478 e. The Morgan fingerprint density at radius 1 is 1.36 bits per heavy atom. The number of carboxylic acid groups (broad SMARTS) is 2. The molecule has 5 heteroatoms. The molecule has 1 aromatic heterocycles. The van der Waals surface area contributed by atoms with Crippen LogP contribution in [0.25, 0.3) is 6.08 Å². The zero-order valence-corrected chi connectivity index (χ0v) is 7.35. The van der Waals surface area contributed by atoms with Crippen LogP contribution in [0.1, 0.15) is 23.2 Å². The van der Waals surface area contributed by atoms with Crippen LogP contribution < -0.4 is 0 Å². The van der Waals surface area contributed by atoms with Gasteiger partial charge in [0, 0.05) is 5.57 Å². The molecule has 1 heterocycles. The maximum Gasteiger partial charge on any atom is 0.371 e. The van der Waals surface area contributed by atoms with Gasteiger partial charge in [0.15, 0.2) is 0 Å². The van der Waals surface area contributed by atoms with E-state index in [0.717, 1.165) is 0 Å². The summed E-state index contributed by atoms with van der Waals surface area (Å²) in [4.78, 5) is 20.8. The quantitative estimate of drug-likeness (QED) is 0.714. The maximum atomic E-state index is 10.4. The first-order valence-corrected chi connectivity index (χ1v) is 3.75. The average Bonchev–Trinajstić information content (AvgIpc) is 2.52. The topological polar surface area (TPSA) is 87.7 Å². The van der Waals surface area contributed by atoms with E-state index in [2.05, 4.69) is 0 Å². The molecular weight excluding hydrogens is 188 g/mol. The fourth-order valence-electron chi connectivity index (χ4n) is 0.820. The highest BCUT2D eigenvalue weighted by atomic mass is 16.4. The first kappa shape index (κ1) is 10.0. The van der Waals surface area contributed by atoms with E-state index >= 15 is 0 Å². The first-order valence-electron chi connectivity index (χ1n) is 3.75. The Kier molecular flexibility index (Phi) is 2.71. The number of hydrogen-bond donors (Lipinski definition) is 2. The molecule has 0 aliphatic rings. The molecule has 14 heavy (non-hydrogen) atoms. The minimum Gasteiger partial charge on any atom is -0.478 e. The van der Waals surface area contributed by atoms with Crippen LogP contribution in [-0.2, 0) is 4.79 Å². The van der Waals surface area contributed by atoms with Gasteiger partial charge in [-0.05, 0) is 25.1 Å². The second-order valence-corrected chi connectivity index (χ2v) is 2.64. The minimum absolute atomic E-state index is 0.0799. The van der Waals surface area contributed by atoms with Gasteiger partial charge in [-0.25, -0.2) is 9.59 Å². The van der Waals surface area contributed by atoms with Crippen molar-refractivity contribution in [3.63, 3.8) is 0 Å². The summed E-state index contributed by atoms with van der Waals surface area (Å²) in [6, 6.07) is 2.67. The van der Waals surface area contributed by atoms with Gasteiger partial charge < -0.3 is 14.6 Å². The van der Waals surface area contributed by atoms with Crippen LogP contribution >= 0.6 is 0 Å². The van der Waals surface area contributed by atoms with Crippen LogP contribution in [0.4, 0.5) is 0 Å². The zero-order chi connectivity index (χ0) is 10.7. The van der Waals surface area contributed by atoms with Crippen molar-refractivity contribution in [1.82, 2.24) is 0 Å². The molecule has 2 N–H and O–H groups in total. The van der Waals surface area contributed by atoms with Gasteiger partial charge in [-0.15, -0.1) is 0 Å². The fourth-order valence-corrected chi connectivity index (χ4v) is 0.820. The Morgan fingerprint density at radius 2 is 2.00 bits per heavy atom.